The number of ether oxygens (including phenoxy) is 2. The van der Waals surface area contributed by atoms with E-state index in [4.69, 9.17) is 9.47 Å². The Morgan fingerprint density at radius 3 is 2.89 bits per heavy atom. The number of aryl methyl sites for hydroxylation is 1. The second kappa shape index (κ2) is 7.79. The molecule has 0 saturated carbocycles. The standard InChI is InChI=1S/C19H24N6O3/c1-20-19(21-6-5-14-3-4-16-17(9-14)28-13-27-16)24-7-8-25(18(26)12-24)15-10-22-23(2)11-15/h3-4,9-11H,5-8,12-13H2,1-2H3,(H,20,21). The average molecular weight is 384 g/mol. The minimum Gasteiger partial charge on any atom is -0.454 e. The molecule has 1 N–H and O–H groups in total. The quantitative estimate of drug-likeness (QED) is 0.614. The van der Waals surface area contributed by atoms with E-state index in [1.165, 1.54) is 0 Å². The molecule has 1 aromatic heterocycles. The van der Waals surface area contributed by atoms with E-state index in [0.717, 1.165) is 35.1 Å². The molecule has 3 heterocycles. The molecule has 1 amide bonds. The van der Waals surface area contributed by atoms with E-state index in [2.05, 4.69) is 15.4 Å². The van der Waals surface area contributed by atoms with Gasteiger partial charge in [0, 0.05) is 39.9 Å². The number of anilines is 1. The number of carbonyl (C=O) groups is 1. The molecule has 0 aliphatic carbocycles. The van der Waals surface area contributed by atoms with Crippen LogP contribution in [-0.4, -0.2) is 66.6 Å². The van der Waals surface area contributed by atoms with Crippen molar-refractivity contribution in [2.75, 3.05) is 44.9 Å². The van der Waals surface area contributed by atoms with Crippen LogP contribution in [0.25, 0.3) is 0 Å². The number of nitrogens with one attached hydrogen (secondary N) is 1. The Hall–Kier alpha value is -3.23. The Kier molecular flexibility index (Phi) is 5.05. The molecule has 0 unspecified atom stereocenters. The third kappa shape index (κ3) is 3.73. The summed E-state index contributed by atoms with van der Waals surface area (Å²) in [5.41, 5.74) is 1.99. The second-order valence-electron chi connectivity index (χ2n) is 6.75. The Bertz CT molecular complexity index is 894. The van der Waals surface area contributed by atoms with Crippen molar-refractivity contribution >= 4 is 17.6 Å². The number of carbonyl (C=O) groups excluding carboxylic acids is 1. The number of benzene rings is 1. The Morgan fingerprint density at radius 1 is 1.29 bits per heavy atom. The molecule has 1 saturated heterocycles. The Labute approximate surface area is 163 Å². The molecule has 148 valence electrons. The molecule has 1 aromatic carbocycles. The van der Waals surface area contributed by atoms with E-state index in [1.54, 1.807) is 22.8 Å². The first-order valence-corrected chi connectivity index (χ1v) is 9.27. The van der Waals surface area contributed by atoms with Crippen molar-refractivity contribution in [3.63, 3.8) is 0 Å². The molecule has 2 aliphatic rings. The van der Waals surface area contributed by atoms with Gasteiger partial charge in [-0.05, 0) is 24.1 Å². The summed E-state index contributed by atoms with van der Waals surface area (Å²) in [4.78, 5) is 20.7. The van der Waals surface area contributed by atoms with Crippen LogP contribution in [0.4, 0.5) is 5.69 Å². The molecule has 28 heavy (non-hydrogen) atoms. The van der Waals surface area contributed by atoms with Gasteiger partial charge >= 0.3 is 0 Å². The number of hydrogen-bond donors (Lipinski definition) is 1. The average Bonchev–Trinajstić information content (AvgIpc) is 3.33. The highest BCUT2D eigenvalue weighted by atomic mass is 16.7. The van der Waals surface area contributed by atoms with Crippen LogP contribution in [0, 0.1) is 0 Å². The smallest absolute Gasteiger partial charge is 0.246 e. The van der Waals surface area contributed by atoms with Gasteiger partial charge in [-0.3, -0.25) is 14.5 Å². The van der Waals surface area contributed by atoms with Crippen LogP contribution in [-0.2, 0) is 18.3 Å². The SMILES string of the molecule is CN=C(NCCc1ccc2c(c1)OCO2)N1CCN(c2cnn(C)c2)C(=O)C1. The predicted octanol–water partition coefficient (Wildman–Crippen LogP) is 0.615. The molecule has 9 nitrogen and oxygen atoms in total. The number of rotatable bonds is 4. The van der Waals surface area contributed by atoms with Crippen molar-refractivity contribution in [1.82, 2.24) is 20.0 Å². The zero-order valence-electron chi connectivity index (χ0n) is 16.1. The zero-order valence-corrected chi connectivity index (χ0v) is 16.1. The highest BCUT2D eigenvalue weighted by molar-refractivity contribution is 5.98. The van der Waals surface area contributed by atoms with Gasteiger partial charge in [0.1, 0.15) is 6.54 Å². The molecule has 0 radical (unpaired) electrons. The van der Waals surface area contributed by atoms with Gasteiger partial charge in [-0.15, -0.1) is 0 Å². The van der Waals surface area contributed by atoms with E-state index < -0.39 is 0 Å². The summed E-state index contributed by atoms with van der Waals surface area (Å²) in [6, 6.07) is 5.97. The number of hydrogen-bond acceptors (Lipinski definition) is 5. The number of amides is 1. The topological polar surface area (TPSA) is 84.2 Å². The van der Waals surface area contributed by atoms with E-state index >= 15 is 0 Å². The first-order chi connectivity index (χ1) is 13.6. The van der Waals surface area contributed by atoms with Crippen molar-refractivity contribution in [2.24, 2.45) is 12.0 Å². The maximum atomic E-state index is 12.6. The third-order valence-corrected chi connectivity index (χ3v) is 4.87. The van der Waals surface area contributed by atoms with Crippen LogP contribution in [0.3, 0.4) is 0 Å². The summed E-state index contributed by atoms with van der Waals surface area (Å²) in [5, 5.41) is 7.50. The fraction of sp³-hybridized carbons (Fsp3) is 0.421. The van der Waals surface area contributed by atoms with Crippen LogP contribution in [0.1, 0.15) is 5.56 Å². The number of guanidine groups is 1. The van der Waals surface area contributed by atoms with Gasteiger partial charge in [0.2, 0.25) is 12.7 Å². The molecule has 4 rings (SSSR count). The fourth-order valence-corrected chi connectivity index (χ4v) is 3.42. The number of fused-ring (bicyclic) bond motifs is 1. The summed E-state index contributed by atoms with van der Waals surface area (Å²) in [6.07, 6.45) is 4.39. The van der Waals surface area contributed by atoms with Gasteiger partial charge in [-0.25, -0.2) is 0 Å². The predicted molar refractivity (Wildman–Crippen MR) is 105 cm³/mol. The minimum absolute atomic E-state index is 0.0398. The molecule has 0 spiro atoms. The first kappa shape index (κ1) is 18.1. The number of aliphatic imine (C=N–C) groups is 1. The van der Waals surface area contributed by atoms with Crippen molar-refractivity contribution < 1.29 is 14.3 Å². The molecular formula is C19H24N6O3. The lowest BCUT2D eigenvalue weighted by molar-refractivity contribution is -0.120. The molecule has 2 aromatic rings. The largest absolute Gasteiger partial charge is 0.454 e. The first-order valence-electron chi connectivity index (χ1n) is 9.27. The molecular weight excluding hydrogens is 360 g/mol. The Balaban J connectivity index is 1.30. The van der Waals surface area contributed by atoms with Crippen molar-refractivity contribution in [3.8, 4) is 11.5 Å². The van der Waals surface area contributed by atoms with Crippen LogP contribution in [0.15, 0.2) is 35.6 Å². The summed E-state index contributed by atoms with van der Waals surface area (Å²) in [5.74, 6) is 2.36. The summed E-state index contributed by atoms with van der Waals surface area (Å²) in [7, 11) is 3.58. The van der Waals surface area contributed by atoms with Gasteiger partial charge in [0.15, 0.2) is 17.5 Å². The lowest BCUT2D eigenvalue weighted by atomic mass is 10.1. The molecule has 0 bridgehead atoms. The lowest BCUT2D eigenvalue weighted by Crippen LogP contribution is -2.55. The van der Waals surface area contributed by atoms with E-state index in [9.17, 15) is 4.79 Å². The van der Waals surface area contributed by atoms with E-state index in [0.29, 0.717) is 26.2 Å². The van der Waals surface area contributed by atoms with Gasteiger partial charge < -0.3 is 24.6 Å². The van der Waals surface area contributed by atoms with Crippen molar-refractivity contribution in [1.29, 1.82) is 0 Å². The van der Waals surface area contributed by atoms with E-state index in [1.807, 2.05) is 36.3 Å². The highest BCUT2D eigenvalue weighted by Crippen LogP contribution is 2.32. The molecule has 1 fully saturated rings. The molecule has 2 aliphatic heterocycles. The monoisotopic (exact) mass is 384 g/mol. The fourth-order valence-electron chi connectivity index (χ4n) is 3.42. The summed E-state index contributed by atoms with van der Waals surface area (Å²) in [6.45, 7) is 2.60. The zero-order chi connectivity index (χ0) is 19.5. The minimum atomic E-state index is 0.0398. The number of nitrogens with zero attached hydrogens (tertiary/aromatic N) is 5. The number of aromatic nitrogens is 2. The van der Waals surface area contributed by atoms with Crippen LogP contribution < -0.4 is 19.7 Å². The number of piperazine rings is 1. The van der Waals surface area contributed by atoms with Crippen molar-refractivity contribution in [3.05, 3.63) is 36.2 Å². The van der Waals surface area contributed by atoms with Gasteiger partial charge in [-0.1, -0.05) is 6.07 Å². The normalized spacial score (nSPS) is 16.6. The van der Waals surface area contributed by atoms with E-state index in [-0.39, 0.29) is 12.7 Å². The van der Waals surface area contributed by atoms with Crippen LogP contribution >= 0.6 is 0 Å². The van der Waals surface area contributed by atoms with Gasteiger partial charge in [0.05, 0.1) is 11.9 Å². The van der Waals surface area contributed by atoms with Gasteiger partial charge in [-0.2, -0.15) is 5.10 Å². The lowest BCUT2D eigenvalue weighted by Gasteiger charge is -2.35. The summed E-state index contributed by atoms with van der Waals surface area (Å²) >= 11 is 0. The summed E-state index contributed by atoms with van der Waals surface area (Å²) < 4.78 is 12.5. The Morgan fingerprint density at radius 2 is 2.14 bits per heavy atom. The van der Waals surface area contributed by atoms with Crippen LogP contribution in [0.2, 0.25) is 0 Å². The van der Waals surface area contributed by atoms with Crippen molar-refractivity contribution in [2.45, 2.75) is 6.42 Å². The maximum Gasteiger partial charge on any atom is 0.246 e. The molecule has 0 atom stereocenters. The maximum absolute atomic E-state index is 12.6. The van der Waals surface area contributed by atoms with Gasteiger partial charge in [0.25, 0.3) is 0 Å². The molecule has 9 heteroatoms. The van der Waals surface area contributed by atoms with Crippen LogP contribution in [0.5, 0.6) is 11.5 Å². The highest BCUT2D eigenvalue weighted by Gasteiger charge is 2.27. The third-order valence-electron chi connectivity index (χ3n) is 4.87. The second-order valence-corrected chi connectivity index (χ2v) is 6.75.